The van der Waals surface area contributed by atoms with Crippen LogP contribution in [-0.2, 0) is 26.6 Å². The molecule has 0 saturated heterocycles. The van der Waals surface area contributed by atoms with Crippen LogP contribution in [0.1, 0.15) is 11.1 Å². The summed E-state index contributed by atoms with van der Waals surface area (Å²) < 4.78 is 22.5. The van der Waals surface area contributed by atoms with E-state index in [9.17, 15) is 13.2 Å². The van der Waals surface area contributed by atoms with E-state index in [0.717, 1.165) is 5.56 Å². The predicted octanol–water partition coefficient (Wildman–Crippen LogP) is 0.856. The lowest BCUT2D eigenvalue weighted by molar-refractivity contribution is -0.136. The van der Waals surface area contributed by atoms with Gasteiger partial charge in [-0.15, -0.1) is 0 Å². The molecule has 0 saturated carbocycles. The Labute approximate surface area is 101 Å². The van der Waals surface area contributed by atoms with Gasteiger partial charge in [-0.2, -0.15) is 0 Å². The van der Waals surface area contributed by atoms with Crippen molar-refractivity contribution in [1.29, 1.82) is 0 Å². The smallest absolute Gasteiger partial charge is 0.307 e. The summed E-state index contributed by atoms with van der Waals surface area (Å²) in [5.41, 5.74) is 0.915. The molecule has 88 valence electrons. The molecule has 0 spiro atoms. The maximum absolute atomic E-state index is 11.3. The number of carboxylic acids is 1. The first kappa shape index (κ1) is 13.1. The Kier molecular flexibility index (Phi) is 4.06. The van der Waals surface area contributed by atoms with Gasteiger partial charge >= 0.3 is 5.97 Å². The summed E-state index contributed by atoms with van der Waals surface area (Å²) in [5, 5.41) is 14.1. The number of benzene rings is 1. The van der Waals surface area contributed by atoms with Crippen molar-refractivity contribution in [2.75, 3.05) is 0 Å². The second kappa shape index (κ2) is 4.94. The molecular weight excluding hydrogens is 298 g/mol. The Morgan fingerprint density at radius 3 is 2.50 bits per heavy atom. The van der Waals surface area contributed by atoms with Crippen molar-refractivity contribution >= 4 is 31.9 Å². The number of rotatable bonds is 4. The third-order valence-corrected chi connectivity index (χ3v) is 3.57. The standard InChI is InChI=1S/C9H10BrNO4S/c10-5-6-1-2-7(4-9(12)13)8(3-6)16(11,14)15/h1-3H,4-5H2,(H,12,13)(H2,11,14,15). The molecule has 5 nitrogen and oxygen atoms in total. The normalized spacial score (nSPS) is 11.4. The van der Waals surface area contributed by atoms with Crippen LogP contribution in [0.2, 0.25) is 0 Å². The fourth-order valence-corrected chi connectivity index (χ4v) is 2.43. The van der Waals surface area contributed by atoms with E-state index in [-0.39, 0.29) is 16.9 Å². The van der Waals surface area contributed by atoms with Gasteiger partial charge in [0.1, 0.15) is 0 Å². The van der Waals surface area contributed by atoms with Gasteiger partial charge in [-0.25, -0.2) is 13.6 Å². The highest BCUT2D eigenvalue weighted by atomic mass is 79.9. The molecule has 0 heterocycles. The van der Waals surface area contributed by atoms with Crippen molar-refractivity contribution in [3.05, 3.63) is 29.3 Å². The largest absolute Gasteiger partial charge is 0.481 e. The molecule has 0 aliphatic heterocycles. The third kappa shape index (κ3) is 3.29. The van der Waals surface area contributed by atoms with Crippen molar-refractivity contribution in [2.24, 2.45) is 5.14 Å². The zero-order valence-corrected chi connectivity index (χ0v) is 10.6. The van der Waals surface area contributed by atoms with Crippen LogP contribution in [0.15, 0.2) is 23.1 Å². The molecule has 0 unspecified atom stereocenters. The number of nitrogens with two attached hydrogens (primary N) is 1. The zero-order chi connectivity index (χ0) is 12.3. The average Bonchev–Trinajstić information content (AvgIpc) is 2.15. The lowest BCUT2D eigenvalue weighted by Crippen LogP contribution is -2.16. The van der Waals surface area contributed by atoms with Crippen LogP contribution in [0.5, 0.6) is 0 Å². The van der Waals surface area contributed by atoms with Gasteiger partial charge in [-0.05, 0) is 17.2 Å². The lowest BCUT2D eigenvalue weighted by Gasteiger charge is -2.07. The minimum atomic E-state index is -3.90. The minimum Gasteiger partial charge on any atom is -0.481 e. The van der Waals surface area contributed by atoms with Crippen LogP contribution < -0.4 is 5.14 Å². The molecule has 0 aliphatic rings. The summed E-state index contributed by atoms with van der Waals surface area (Å²) in [6, 6.07) is 4.49. The maximum Gasteiger partial charge on any atom is 0.307 e. The summed E-state index contributed by atoms with van der Waals surface area (Å²) in [4.78, 5) is 10.4. The molecule has 1 aromatic rings. The number of hydrogen-bond donors (Lipinski definition) is 2. The Hall–Kier alpha value is -0.920. The van der Waals surface area contributed by atoms with Crippen molar-refractivity contribution < 1.29 is 18.3 Å². The van der Waals surface area contributed by atoms with E-state index in [2.05, 4.69) is 15.9 Å². The summed E-state index contributed by atoms with van der Waals surface area (Å²) in [6.07, 6.45) is -0.367. The van der Waals surface area contributed by atoms with Gasteiger partial charge in [-0.1, -0.05) is 28.1 Å². The van der Waals surface area contributed by atoms with Gasteiger partial charge in [0.25, 0.3) is 0 Å². The molecule has 0 radical (unpaired) electrons. The summed E-state index contributed by atoms with van der Waals surface area (Å²) in [6.45, 7) is 0. The Balaban J connectivity index is 3.33. The first-order valence-electron chi connectivity index (χ1n) is 4.27. The fourth-order valence-electron chi connectivity index (χ4n) is 1.26. The highest BCUT2D eigenvalue weighted by molar-refractivity contribution is 9.08. The summed E-state index contributed by atoms with van der Waals surface area (Å²) in [5.74, 6) is -1.10. The van der Waals surface area contributed by atoms with E-state index in [1.807, 2.05) is 0 Å². The van der Waals surface area contributed by atoms with E-state index >= 15 is 0 Å². The van der Waals surface area contributed by atoms with Crippen LogP contribution in [0.25, 0.3) is 0 Å². The molecule has 1 aromatic carbocycles. The quantitative estimate of drug-likeness (QED) is 0.806. The summed E-state index contributed by atoms with van der Waals surface area (Å²) >= 11 is 3.18. The second-order valence-corrected chi connectivity index (χ2v) is 5.28. The van der Waals surface area contributed by atoms with Gasteiger partial charge in [0.2, 0.25) is 10.0 Å². The number of carbonyl (C=O) groups is 1. The molecular formula is C9H10BrNO4S. The van der Waals surface area contributed by atoms with E-state index in [1.54, 1.807) is 6.07 Å². The van der Waals surface area contributed by atoms with Crippen LogP contribution in [-0.4, -0.2) is 19.5 Å². The molecule has 0 fully saturated rings. The number of aliphatic carboxylic acids is 1. The zero-order valence-electron chi connectivity index (χ0n) is 8.18. The Morgan fingerprint density at radius 1 is 1.44 bits per heavy atom. The second-order valence-electron chi connectivity index (χ2n) is 3.19. The van der Waals surface area contributed by atoms with Crippen LogP contribution in [0.4, 0.5) is 0 Å². The van der Waals surface area contributed by atoms with E-state index in [4.69, 9.17) is 10.2 Å². The molecule has 0 atom stereocenters. The Morgan fingerprint density at radius 2 is 2.06 bits per heavy atom. The van der Waals surface area contributed by atoms with Crippen LogP contribution in [0.3, 0.4) is 0 Å². The van der Waals surface area contributed by atoms with Gasteiger partial charge in [-0.3, -0.25) is 4.79 Å². The molecule has 0 aliphatic carbocycles. The molecule has 0 amide bonds. The van der Waals surface area contributed by atoms with Gasteiger partial charge in [0.15, 0.2) is 0 Å². The number of hydrogen-bond acceptors (Lipinski definition) is 3. The molecule has 0 bridgehead atoms. The van der Waals surface area contributed by atoms with Crippen molar-refractivity contribution in [3.63, 3.8) is 0 Å². The van der Waals surface area contributed by atoms with Crippen molar-refractivity contribution in [1.82, 2.24) is 0 Å². The number of halogens is 1. The van der Waals surface area contributed by atoms with Crippen molar-refractivity contribution in [3.8, 4) is 0 Å². The van der Waals surface area contributed by atoms with Crippen LogP contribution >= 0.6 is 15.9 Å². The first-order valence-corrected chi connectivity index (χ1v) is 6.93. The first-order chi connectivity index (χ1) is 7.34. The number of primary sulfonamides is 1. The minimum absolute atomic E-state index is 0.133. The fraction of sp³-hybridized carbons (Fsp3) is 0.222. The summed E-state index contributed by atoms with van der Waals surface area (Å²) in [7, 11) is -3.90. The van der Waals surface area contributed by atoms with E-state index < -0.39 is 16.0 Å². The number of carboxylic acid groups (broad SMARTS) is 1. The van der Waals surface area contributed by atoms with Gasteiger partial charge < -0.3 is 5.11 Å². The van der Waals surface area contributed by atoms with E-state index in [0.29, 0.717) is 5.33 Å². The number of alkyl halides is 1. The number of sulfonamides is 1. The maximum atomic E-state index is 11.3. The van der Waals surface area contributed by atoms with Crippen molar-refractivity contribution in [2.45, 2.75) is 16.6 Å². The molecule has 0 aromatic heterocycles. The topological polar surface area (TPSA) is 97.5 Å². The van der Waals surface area contributed by atoms with Gasteiger partial charge in [0, 0.05) is 5.33 Å². The predicted molar refractivity (Wildman–Crippen MR) is 61.8 cm³/mol. The highest BCUT2D eigenvalue weighted by Crippen LogP contribution is 2.18. The SMILES string of the molecule is NS(=O)(=O)c1cc(CBr)ccc1CC(=O)O. The molecule has 3 N–H and O–H groups in total. The van der Waals surface area contributed by atoms with Crippen LogP contribution in [0, 0.1) is 0 Å². The molecule has 16 heavy (non-hydrogen) atoms. The molecule has 7 heteroatoms. The lowest BCUT2D eigenvalue weighted by atomic mass is 10.1. The van der Waals surface area contributed by atoms with Gasteiger partial charge in [0.05, 0.1) is 11.3 Å². The monoisotopic (exact) mass is 307 g/mol. The average molecular weight is 308 g/mol. The third-order valence-electron chi connectivity index (χ3n) is 1.93. The van der Waals surface area contributed by atoms with E-state index in [1.165, 1.54) is 12.1 Å². The Bertz CT molecular complexity index is 512. The molecule has 1 rings (SSSR count). The highest BCUT2D eigenvalue weighted by Gasteiger charge is 2.16.